The van der Waals surface area contributed by atoms with Gasteiger partial charge in [-0.05, 0) is 58.9 Å². The number of amides is 2. The molecule has 22 nitrogen and oxygen atoms in total. The molecule has 3 heterocycles. The van der Waals surface area contributed by atoms with Gasteiger partial charge in [0.25, 0.3) is 0 Å². The number of carbonyl (C=O) groups excluding carboxylic acids is 3. The van der Waals surface area contributed by atoms with Crippen molar-refractivity contribution in [2.45, 2.75) is 134 Å². The molecular weight excluding hydrogens is 923 g/mol. The van der Waals surface area contributed by atoms with Crippen molar-refractivity contribution in [2.24, 2.45) is 17.8 Å². The Balaban J connectivity index is 1.53. The molecule has 4 rings (SSSR count). The van der Waals surface area contributed by atoms with E-state index in [4.69, 9.17) is 47.4 Å². The van der Waals surface area contributed by atoms with Crippen LogP contribution in [0.5, 0.6) is 0 Å². The molecule has 3 aliphatic rings. The van der Waals surface area contributed by atoms with Gasteiger partial charge in [-0.3, -0.25) is 14.4 Å². The van der Waals surface area contributed by atoms with E-state index in [1.165, 1.54) is 20.8 Å². The molecule has 1 aromatic carbocycles. The van der Waals surface area contributed by atoms with E-state index in [-0.39, 0.29) is 117 Å². The van der Waals surface area contributed by atoms with Gasteiger partial charge in [-0.2, -0.15) is 0 Å². The highest BCUT2D eigenvalue weighted by Gasteiger charge is 2.50. The molecule has 22 heteroatoms. The second-order valence-corrected chi connectivity index (χ2v) is 18.6. The first-order chi connectivity index (χ1) is 33.5. The molecule has 2 amide bonds. The maximum atomic E-state index is 12.7. The summed E-state index contributed by atoms with van der Waals surface area (Å²) in [6.45, 7) is 10.4. The maximum absolute atomic E-state index is 12.7. The van der Waals surface area contributed by atoms with Crippen LogP contribution in [0, 0.1) is 17.8 Å². The molecule has 402 valence electrons. The van der Waals surface area contributed by atoms with Crippen LogP contribution in [0.1, 0.15) is 58.8 Å². The number of Topliss-reactive ketones (excluding diaryl/α,β-unsaturated/α-hetero) is 1. The fraction of sp³-hybridized carbons (Fsp3) is 0.812. The largest absolute Gasteiger partial charge is 0.394 e. The van der Waals surface area contributed by atoms with Gasteiger partial charge in [-0.15, -0.1) is 0 Å². The highest BCUT2D eigenvalue weighted by Crippen LogP contribution is 2.33. The quantitative estimate of drug-likeness (QED) is 0.0313. The number of carbonyl (C=O) groups is 3. The van der Waals surface area contributed by atoms with Crippen molar-refractivity contribution in [1.29, 1.82) is 0 Å². The second-order valence-electron chi connectivity index (χ2n) is 18.6. The highest BCUT2D eigenvalue weighted by molar-refractivity contribution is 5.94. The van der Waals surface area contributed by atoms with E-state index in [1.54, 1.807) is 24.3 Å². The van der Waals surface area contributed by atoms with E-state index in [0.29, 0.717) is 11.3 Å². The Morgan fingerprint density at radius 3 is 1.23 bits per heavy atom. The third-order valence-electron chi connectivity index (χ3n) is 12.4. The first-order valence-corrected chi connectivity index (χ1v) is 24.4. The van der Waals surface area contributed by atoms with Crippen LogP contribution in [-0.2, 0) is 57.0 Å². The Kier molecular flexibility index (Phi) is 26.3. The van der Waals surface area contributed by atoms with Crippen LogP contribution < -0.4 is 16.0 Å². The number of aliphatic hydroxyl groups is 6. The molecule has 0 radical (unpaired) electrons. The predicted octanol–water partition coefficient (Wildman–Crippen LogP) is -1.18. The number of aliphatic hydroxyl groups excluding tert-OH is 6. The van der Waals surface area contributed by atoms with Crippen LogP contribution in [-0.4, -0.2) is 233 Å². The van der Waals surface area contributed by atoms with Crippen molar-refractivity contribution < 1.29 is 92.4 Å². The molecule has 1 aromatic rings. The van der Waals surface area contributed by atoms with E-state index in [2.05, 4.69) is 16.0 Å². The molecule has 3 saturated heterocycles. The molecule has 3 fully saturated rings. The molecule has 0 saturated carbocycles. The van der Waals surface area contributed by atoms with Gasteiger partial charge < -0.3 is 94.0 Å². The van der Waals surface area contributed by atoms with Gasteiger partial charge in [-0.25, -0.2) is 0 Å². The fourth-order valence-corrected chi connectivity index (χ4v) is 8.91. The van der Waals surface area contributed by atoms with E-state index in [9.17, 15) is 45.0 Å². The van der Waals surface area contributed by atoms with Crippen LogP contribution in [0.25, 0.3) is 0 Å². The van der Waals surface area contributed by atoms with Crippen LogP contribution in [0.2, 0.25) is 0 Å². The van der Waals surface area contributed by atoms with Crippen molar-refractivity contribution in [3.05, 3.63) is 29.8 Å². The minimum Gasteiger partial charge on any atom is -0.394 e. The zero-order chi connectivity index (χ0) is 51.3. The first-order valence-electron chi connectivity index (χ1n) is 24.4. The summed E-state index contributed by atoms with van der Waals surface area (Å²) in [6.07, 6.45) is -8.68. The van der Waals surface area contributed by atoms with Gasteiger partial charge in [0.1, 0.15) is 18.3 Å². The summed E-state index contributed by atoms with van der Waals surface area (Å²) in [6, 6.07) is 4.17. The van der Waals surface area contributed by atoms with Gasteiger partial charge in [-0.1, -0.05) is 0 Å². The number of anilines is 1. The molecule has 0 spiro atoms. The summed E-state index contributed by atoms with van der Waals surface area (Å²) in [5.74, 6) is -3.13. The minimum atomic E-state index is -1.30. The van der Waals surface area contributed by atoms with Gasteiger partial charge in [0.2, 0.25) is 11.8 Å². The standard InChI is InChI=1S/C48H81N3O19/c1-27(2)66-20-36-39(23-63-17-14-54)69-41(44(48(36)60)50-31(7)57)25-64-18-34-37(21-61-15-12-52)68-40(43(46(34)58)49-30(6)56)24-65-19-35-38(22-62-16-13-53)70-42(26-67-28(3)4)45(47(35)59)51-33-10-8-32(9-11-33)29(5)55/h8-11,27-28,34-48,51-54,58-60H,12-26H2,1-7H3,(H,49,56)(H,50,57). The minimum absolute atomic E-state index is 0.00463. The van der Waals surface area contributed by atoms with Gasteiger partial charge >= 0.3 is 0 Å². The monoisotopic (exact) mass is 1000 g/mol. The fourth-order valence-electron chi connectivity index (χ4n) is 8.91. The molecule has 0 aromatic heterocycles. The second kappa shape index (κ2) is 30.9. The normalized spacial score (nSPS) is 31.4. The van der Waals surface area contributed by atoms with Crippen molar-refractivity contribution >= 4 is 23.3 Å². The number of ketones is 1. The summed E-state index contributed by atoms with van der Waals surface area (Å²) in [5, 5.41) is 73.2. The van der Waals surface area contributed by atoms with Gasteiger partial charge in [0.05, 0.1) is 166 Å². The Hall–Kier alpha value is -3.01. The lowest BCUT2D eigenvalue weighted by molar-refractivity contribution is -0.220. The molecule has 3 aliphatic heterocycles. The first kappa shape index (κ1) is 59.6. The van der Waals surface area contributed by atoms with Crippen LogP contribution in [0.4, 0.5) is 5.69 Å². The third kappa shape index (κ3) is 18.5. The smallest absolute Gasteiger partial charge is 0.217 e. The lowest BCUT2D eigenvalue weighted by Gasteiger charge is -2.47. The van der Waals surface area contributed by atoms with Crippen molar-refractivity contribution in [3.63, 3.8) is 0 Å². The highest BCUT2D eigenvalue weighted by atomic mass is 16.6. The molecular formula is C48H81N3O19. The topological polar surface area (TPSA) is 301 Å². The molecule has 9 N–H and O–H groups in total. The molecule has 0 bridgehead atoms. The van der Waals surface area contributed by atoms with E-state index >= 15 is 0 Å². The summed E-state index contributed by atoms with van der Waals surface area (Å²) in [7, 11) is 0. The van der Waals surface area contributed by atoms with Gasteiger partial charge in [0, 0.05) is 42.9 Å². The van der Waals surface area contributed by atoms with Crippen LogP contribution in [0.15, 0.2) is 24.3 Å². The number of hydrogen-bond donors (Lipinski definition) is 9. The number of rotatable bonds is 31. The average Bonchev–Trinajstić information content (AvgIpc) is 3.30. The molecule has 0 aliphatic carbocycles. The zero-order valence-electron chi connectivity index (χ0n) is 41.7. The average molecular weight is 1000 g/mol. The Morgan fingerprint density at radius 2 is 0.857 bits per heavy atom. The zero-order valence-corrected chi connectivity index (χ0v) is 41.7. The number of hydrogen-bond acceptors (Lipinski definition) is 20. The Labute approximate surface area is 411 Å². The van der Waals surface area contributed by atoms with E-state index in [1.807, 2.05) is 27.7 Å². The number of benzene rings is 1. The molecule has 15 unspecified atom stereocenters. The van der Waals surface area contributed by atoms with Crippen LogP contribution >= 0.6 is 0 Å². The lowest BCUT2D eigenvalue weighted by atomic mass is 9.84. The third-order valence-corrected chi connectivity index (χ3v) is 12.4. The van der Waals surface area contributed by atoms with Crippen LogP contribution in [0.3, 0.4) is 0 Å². The molecule has 15 atom stereocenters. The number of ether oxygens (including phenoxy) is 10. The van der Waals surface area contributed by atoms with Gasteiger partial charge in [0.15, 0.2) is 5.78 Å². The Bertz CT molecular complexity index is 1660. The van der Waals surface area contributed by atoms with Crippen molar-refractivity contribution in [1.82, 2.24) is 10.6 Å². The summed E-state index contributed by atoms with van der Waals surface area (Å²) >= 11 is 0. The number of nitrogens with one attached hydrogen (secondary N) is 3. The SMILES string of the molecule is CC(=O)NC1C(COCC2C(COCCO)OC(COC(C)C)C(Nc3ccc(C(C)=O)cc3)C2O)OC(COCCO)C(COCC2OC(COCCO)C(COC(C)C)C(O)C2NC(C)=O)C1O. The summed E-state index contributed by atoms with van der Waals surface area (Å²) in [5.41, 5.74) is 1.15. The summed E-state index contributed by atoms with van der Waals surface area (Å²) in [4.78, 5) is 37.0. The summed E-state index contributed by atoms with van der Waals surface area (Å²) < 4.78 is 60.9. The van der Waals surface area contributed by atoms with Crippen molar-refractivity contribution in [3.8, 4) is 0 Å². The Morgan fingerprint density at radius 1 is 0.500 bits per heavy atom. The maximum Gasteiger partial charge on any atom is 0.217 e. The lowest BCUT2D eigenvalue weighted by Crippen LogP contribution is -2.65. The van der Waals surface area contributed by atoms with E-state index < -0.39 is 103 Å². The predicted molar refractivity (Wildman–Crippen MR) is 251 cm³/mol. The molecule has 70 heavy (non-hydrogen) atoms. The van der Waals surface area contributed by atoms with E-state index in [0.717, 1.165) is 0 Å². The van der Waals surface area contributed by atoms with Crippen molar-refractivity contribution in [2.75, 3.05) is 104 Å².